The average Bonchev–Trinajstić information content (AvgIpc) is 2.93. The Morgan fingerprint density at radius 2 is 1.92 bits per heavy atom. The number of carbonyl (C=O) groups is 2. The largest absolute Gasteiger partial charge is 0.480 e. The van der Waals surface area contributed by atoms with Crippen molar-refractivity contribution in [1.82, 2.24) is 19.9 Å². The van der Waals surface area contributed by atoms with Crippen molar-refractivity contribution in [3.63, 3.8) is 0 Å². The summed E-state index contributed by atoms with van der Waals surface area (Å²) in [7, 11) is 1.49. The number of rotatable bonds is 7. The number of benzene rings is 1. The van der Waals surface area contributed by atoms with Crippen molar-refractivity contribution in [2.75, 3.05) is 26.8 Å². The molecule has 128 valence electrons. The van der Waals surface area contributed by atoms with E-state index >= 15 is 0 Å². The first-order chi connectivity index (χ1) is 11.4. The summed E-state index contributed by atoms with van der Waals surface area (Å²) in [4.78, 5) is 24.8. The van der Waals surface area contributed by atoms with Crippen molar-refractivity contribution in [3.05, 3.63) is 41.2 Å². The van der Waals surface area contributed by atoms with Crippen LogP contribution >= 0.6 is 0 Å². The van der Waals surface area contributed by atoms with Gasteiger partial charge in [0.25, 0.3) is 5.91 Å². The zero-order valence-corrected chi connectivity index (χ0v) is 13.9. The Kier molecular flexibility index (Phi) is 5.64. The lowest BCUT2D eigenvalue weighted by Crippen LogP contribution is -2.38. The minimum absolute atomic E-state index is 0.132. The molecular formula is C16H20N4O4. The first-order valence-electron chi connectivity index (χ1n) is 7.43. The molecule has 0 bridgehead atoms. The smallest absolute Gasteiger partial charge is 0.323 e. The van der Waals surface area contributed by atoms with Crippen LogP contribution in [0.2, 0.25) is 0 Å². The van der Waals surface area contributed by atoms with E-state index in [0.717, 1.165) is 11.3 Å². The zero-order valence-electron chi connectivity index (χ0n) is 13.9. The topological polar surface area (TPSA) is 97.6 Å². The number of nitrogens with zero attached hydrogens (tertiary/aromatic N) is 4. The van der Waals surface area contributed by atoms with E-state index in [9.17, 15) is 9.59 Å². The Morgan fingerprint density at radius 3 is 2.50 bits per heavy atom. The molecule has 8 nitrogen and oxygen atoms in total. The van der Waals surface area contributed by atoms with Crippen molar-refractivity contribution in [3.8, 4) is 5.69 Å². The molecule has 24 heavy (non-hydrogen) atoms. The molecule has 0 saturated heterocycles. The molecular weight excluding hydrogens is 312 g/mol. The number of methoxy groups -OCH3 is 1. The Morgan fingerprint density at radius 1 is 1.25 bits per heavy atom. The van der Waals surface area contributed by atoms with Gasteiger partial charge in [0.2, 0.25) is 0 Å². The minimum atomic E-state index is -1.09. The van der Waals surface area contributed by atoms with E-state index in [4.69, 9.17) is 9.84 Å². The van der Waals surface area contributed by atoms with E-state index in [1.165, 1.54) is 12.0 Å². The van der Waals surface area contributed by atoms with Gasteiger partial charge in [0.05, 0.1) is 18.0 Å². The van der Waals surface area contributed by atoms with Crippen LogP contribution in [0.4, 0.5) is 0 Å². The van der Waals surface area contributed by atoms with E-state index in [1.54, 1.807) is 11.6 Å². The Bertz CT molecular complexity index is 724. The molecule has 1 aromatic carbocycles. The highest BCUT2D eigenvalue weighted by molar-refractivity contribution is 5.95. The average molecular weight is 332 g/mol. The summed E-state index contributed by atoms with van der Waals surface area (Å²) < 4.78 is 6.49. The molecule has 8 heteroatoms. The minimum Gasteiger partial charge on any atom is -0.480 e. The van der Waals surface area contributed by atoms with Crippen LogP contribution in [0.5, 0.6) is 0 Å². The van der Waals surface area contributed by atoms with E-state index in [1.807, 2.05) is 31.2 Å². The summed E-state index contributed by atoms with van der Waals surface area (Å²) >= 11 is 0. The molecule has 0 fully saturated rings. The highest BCUT2D eigenvalue weighted by atomic mass is 16.5. The number of ether oxygens (including phenoxy) is 1. The third-order valence-corrected chi connectivity index (χ3v) is 3.55. The lowest BCUT2D eigenvalue weighted by Gasteiger charge is -2.19. The van der Waals surface area contributed by atoms with Crippen LogP contribution in [0.3, 0.4) is 0 Å². The number of amides is 1. The van der Waals surface area contributed by atoms with Crippen molar-refractivity contribution >= 4 is 11.9 Å². The number of aliphatic carboxylic acids is 1. The van der Waals surface area contributed by atoms with Gasteiger partial charge in [0, 0.05) is 13.7 Å². The second-order valence-electron chi connectivity index (χ2n) is 5.38. The Hall–Kier alpha value is -2.74. The summed E-state index contributed by atoms with van der Waals surface area (Å²) in [6, 6.07) is 7.64. The number of hydrogen-bond donors (Lipinski definition) is 1. The maximum atomic E-state index is 12.6. The van der Waals surface area contributed by atoms with Gasteiger partial charge in [0.1, 0.15) is 6.54 Å². The van der Waals surface area contributed by atoms with Gasteiger partial charge in [-0.2, -0.15) is 0 Å². The summed E-state index contributed by atoms with van der Waals surface area (Å²) in [6.07, 6.45) is 0. The van der Waals surface area contributed by atoms with Crippen LogP contribution < -0.4 is 0 Å². The summed E-state index contributed by atoms with van der Waals surface area (Å²) in [5, 5.41) is 16.9. The molecule has 0 aliphatic rings. The maximum absolute atomic E-state index is 12.6. The van der Waals surface area contributed by atoms with Crippen molar-refractivity contribution < 1.29 is 19.4 Å². The fourth-order valence-corrected chi connectivity index (χ4v) is 2.22. The quantitative estimate of drug-likeness (QED) is 0.814. The molecule has 0 unspecified atom stereocenters. The number of carboxylic acids is 1. The number of aromatic nitrogens is 3. The molecule has 2 rings (SSSR count). The van der Waals surface area contributed by atoms with E-state index in [2.05, 4.69) is 10.3 Å². The highest BCUT2D eigenvalue weighted by Crippen LogP contribution is 2.14. The molecule has 0 atom stereocenters. The monoisotopic (exact) mass is 332 g/mol. The Balaban J connectivity index is 2.28. The first kappa shape index (κ1) is 17.6. The fraction of sp³-hybridized carbons (Fsp3) is 0.375. The molecule has 1 heterocycles. The summed E-state index contributed by atoms with van der Waals surface area (Å²) in [5.74, 6) is -1.58. The number of hydrogen-bond acceptors (Lipinski definition) is 5. The van der Waals surface area contributed by atoms with Gasteiger partial charge in [-0.15, -0.1) is 5.10 Å². The maximum Gasteiger partial charge on any atom is 0.323 e. The summed E-state index contributed by atoms with van der Waals surface area (Å²) in [6.45, 7) is 3.69. The van der Waals surface area contributed by atoms with Gasteiger partial charge in [-0.25, -0.2) is 4.68 Å². The SMILES string of the molecule is COCCN(CC(=O)O)C(=O)c1nnn(-c2ccc(C)cc2)c1C. The van der Waals surface area contributed by atoms with Crippen LogP contribution in [0.25, 0.3) is 5.69 Å². The second kappa shape index (κ2) is 7.69. The van der Waals surface area contributed by atoms with Crippen molar-refractivity contribution in [2.45, 2.75) is 13.8 Å². The van der Waals surface area contributed by atoms with E-state index < -0.39 is 18.4 Å². The number of carbonyl (C=O) groups excluding carboxylic acids is 1. The van der Waals surface area contributed by atoms with E-state index in [0.29, 0.717) is 5.69 Å². The molecule has 1 aromatic heterocycles. The van der Waals surface area contributed by atoms with Gasteiger partial charge in [-0.05, 0) is 26.0 Å². The van der Waals surface area contributed by atoms with Gasteiger partial charge < -0.3 is 14.7 Å². The van der Waals surface area contributed by atoms with Crippen LogP contribution in [-0.4, -0.2) is 63.7 Å². The molecule has 0 spiro atoms. The third kappa shape index (κ3) is 3.96. The van der Waals surface area contributed by atoms with Crippen LogP contribution in [0.1, 0.15) is 21.7 Å². The summed E-state index contributed by atoms with van der Waals surface area (Å²) in [5.41, 5.74) is 2.58. The molecule has 1 N–H and O–H groups in total. The van der Waals surface area contributed by atoms with Crippen molar-refractivity contribution in [1.29, 1.82) is 0 Å². The lowest BCUT2D eigenvalue weighted by molar-refractivity contribution is -0.137. The van der Waals surface area contributed by atoms with Gasteiger partial charge >= 0.3 is 5.97 Å². The molecule has 2 aromatic rings. The van der Waals surface area contributed by atoms with Crippen LogP contribution in [0, 0.1) is 13.8 Å². The first-order valence-corrected chi connectivity index (χ1v) is 7.43. The molecule has 0 aliphatic carbocycles. The Labute approximate surface area is 139 Å². The highest BCUT2D eigenvalue weighted by Gasteiger charge is 2.24. The standard InChI is InChI=1S/C16H20N4O4/c1-11-4-6-13(7-5-11)20-12(2)15(17-18-20)16(23)19(8-9-24-3)10-14(21)22/h4-7H,8-10H2,1-3H3,(H,21,22). The molecule has 1 amide bonds. The lowest BCUT2D eigenvalue weighted by atomic mass is 10.2. The normalized spacial score (nSPS) is 10.6. The molecule has 0 radical (unpaired) electrons. The molecule has 0 saturated carbocycles. The van der Waals surface area contributed by atoms with E-state index in [-0.39, 0.29) is 18.8 Å². The van der Waals surface area contributed by atoms with Crippen LogP contribution in [-0.2, 0) is 9.53 Å². The predicted molar refractivity (Wildman–Crippen MR) is 86.2 cm³/mol. The van der Waals surface area contributed by atoms with Gasteiger partial charge in [0.15, 0.2) is 5.69 Å². The fourth-order valence-electron chi connectivity index (χ4n) is 2.22. The molecule has 0 aliphatic heterocycles. The third-order valence-electron chi connectivity index (χ3n) is 3.55. The predicted octanol–water partition coefficient (Wildman–Crippen LogP) is 1.06. The van der Waals surface area contributed by atoms with Gasteiger partial charge in [-0.1, -0.05) is 22.9 Å². The number of carboxylic acid groups (broad SMARTS) is 1. The van der Waals surface area contributed by atoms with Crippen LogP contribution in [0.15, 0.2) is 24.3 Å². The van der Waals surface area contributed by atoms with Crippen molar-refractivity contribution in [2.24, 2.45) is 0 Å². The zero-order chi connectivity index (χ0) is 17.7. The second-order valence-corrected chi connectivity index (χ2v) is 5.38. The number of aryl methyl sites for hydroxylation is 1. The van der Waals surface area contributed by atoms with Gasteiger partial charge in [-0.3, -0.25) is 9.59 Å².